The average Bonchev–Trinajstić information content (AvgIpc) is 2.74. The number of rotatable bonds is 6. The summed E-state index contributed by atoms with van der Waals surface area (Å²) >= 11 is 0. The van der Waals surface area contributed by atoms with Crippen LogP contribution in [0.1, 0.15) is 35.2 Å². The minimum absolute atomic E-state index is 0.0145. The normalized spacial score (nSPS) is 15.9. The number of alkyl halides is 3. The van der Waals surface area contributed by atoms with Gasteiger partial charge in [-0.2, -0.15) is 13.2 Å². The minimum Gasteiger partial charge on any atom is -0.339 e. The number of carbonyl (C=O) groups excluding carboxylic acids is 1. The maximum Gasteiger partial charge on any atom is 0.416 e. The fourth-order valence-electron chi connectivity index (χ4n) is 3.51. The van der Waals surface area contributed by atoms with Crippen LogP contribution in [0.15, 0.2) is 59.5 Å². The molecule has 1 aliphatic rings. The van der Waals surface area contributed by atoms with Gasteiger partial charge in [-0.1, -0.05) is 24.3 Å². The fourth-order valence-corrected chi connectivity index (χ4v) is 4.60. The van der Waals surface area contributed by atoms with Gasteiger partial charge in [0.15, 0.2) is 0 Å². The van der Waals surface area contributed by atoms with E-state index >= 15 is 0 Å². The highest BCUT2D eigenvalue weighted by Gasteiger charge is 2.31. The van der Waals surface area contributed by atoms with Crippen molar-refractivity contribution in [1.29, 1.82) is 0 Å². The van der Waals surface area contributed by atoms with Crippen LogP contribution in [0, 0.1) is 5.92 Å². The van der Waals surface area contributed by atoms with Gasteiger partial charge >= 0.3 is 6.18 Å². The second-order valence-electron chi connectivity index (χ2n) is 7.31. The molecule has 2 aromatic carbocycles. The topological polar surface area (TPSA) is 66.5 Å². The molecule has 1 N–H and O–H groups in total. The van der Waals surface area contributed by atoms with Gasteiger partial charge in [-0.15, -0.1) is 0 Å². The van der Waals surface area contributed by atoms with E-state index in [1.807, 2.05) is 18.2 Å². The van der Waals surface area contributed by atoms with Gasteiger partial charge in [0.25, 0.3) is 5.91 Å². The molecule has 1 aliphatic heterocycles. The fraction of sp³-hybridized carbons (Fsp3) is 0.381. The number of benzene rings is 2. The Labute approximate surface area is 173 Å². The predicted octanol–water partition coefficient (Wildman–Crippen LogP) is 3.93. The molecule has 1 saturated heterocycles. The van der Waals surface area contributed by atoms with E-state index in [4.69, 9.17) is 0 Å². The summed E-state index contributed by atoms with van der Waals surface area (Å²) in [6.07, 6.45) is -2.53. The number of halogens is 3. The molecule has 9 heteroatoms. The highest BCUT2D eigenvalue weighted by molar-refractivity contribution is 7.89. The van der Waals surface area contributed by atoms with Crippen molar-refractivity contribution in [3.05, 3.63) is 65.7 Å². The van der Waals surface area contributed by atoms with Gasteiger partial charge in [-0.3, -0.25) is 4.79 Å². The first-order valence-electron chi connectivity index (χ1n) is 9.68. The first-order valence-corrected chi connectivity index (χ1v) is 11.2. The van der Waals surface area contributed by atoms with E-state index in [9.17, 15) is 26.4 Å². The summed E-state index contributed by atoms with van der Waals surface area (Å²) in [6.45, 7) is 1.33. The van der Waals surface area contributed by atoms with E-state index in [2.05, 4.69) is 4.72 Å². The molecule has 0 radical (unpaired) electrons. The number of carbonyl (C=O) groups is 1. The summed E-state index contributed by atoms with van der Waals surface area (Å²) in [5.74, 6) is 0.230. The van der Waals surface area contributed by atoms with Gasteiger partial charge < -0.3 is 4.90 Å². The van der Waals surface area contributed by atoms with Crippen LogP contribution in [-0.4, -0.2) is 38.9 Å². The Morgan fingerprint density at radius 3 is 2.33 bits per heavy atom. The number of hydrogen-bond acceptors (Lipinski definition) is 3. The molecule has 0 aliphatic carbocycles. The Balaban J connectivity index is 1.49. The number of hydrogen-bond donors (Lipinski definition) is 1. The third-order valence-corrected chi connectivity index (χ3v) is 6.70. The molecule has 0 bridgehead atoms. The number of sulfonamides is 1. The van der Waals surface area contributed by atoms with Gasteiger partial charge in [-0.05, 0) is 55.5 Å². The van der Waals surface area contributed by atoms with Crippen LogP contribution in [0.2, 0.25) is 0 Å². The largest absolute Gasteiger partial charge is 0.416 e. The predicted molar refractivity (Wildman–Crippen MR) is 106 cm³/mol. The molecule has 1 fully saturated rings. The lowest BCUT2D eigenvalue weighted by Gasteiger charge is -2.32. The summed E-state index contributed by atoms with van der Waals surface area (Å²) in [7, 11) is -4.02. The van der Waals surface area contributed by atoms with E-state index in [-0.39, 0.29) is 18.4 Å². The van der Waals surface area contributed by atoms with Gasteiger partial charge in [0.2, 0.25) is 10.0 Å². The van der Waals surface area contributed by atoms with Crippen molar-refractivity contribution < 1.29 is 26.4 Å². The van der Waals surface area contributed by atoms with Crippen LogP contribution >= 0.6 is 0 Å². The molecule has 0 saturated carbocycles. The summed E-state index contributed by atoms with van der Waals surface area (Å²) in [4.78, 5) is 13.8. The number of nitrogens with zero attached hydrogens (tertiary/aromatic N) is 1. The maximum absolute atomic E-state index is 12.8. The van der Waals surface area contributed by atoms with Crippen molar-refractivity contribution in [2.45, 2.75) is 30.3 Å². The first-order chi connectivity index (χ1) is 14.2. The Morgan fingerprint density at radius 2 is 1.70 bits per heavy atom. The standard InChI is InChI=1S/C21H23F3N2O3S/c22-21(23,24)18-7-4-8-19(15-18)30(28,29)25-12-9-16-10-13-26(14-11-16)20(27)17-5-2-1-3-6-17/h1-8,15-16,25H,9-14H2. The Kier molecular flexibility index (Phi) is 6.82. The SMILES string of the molecule is O=C(c1ccccc1)N1CCC(CCNS(=O)(=O)c2cccc(C(F)(F)F)c2)CC1. The molecule has 0 aromatic heterocycles. The molecule has 0 unspecified atom stereocenters. The summed E-state index contributed by atoms with van der Waals surface area (Å²) in [6, 6.07) is 12.7. The molecule has 0 atom stereocenters. The van der Waals surface area contributed by atoms with E-state index in [0.29, 0.717) is 31.1 Å². The summed E-state index contributed by atoms with van der Waals surface area (Å²) in [5, 5.41) is 0. The van der Waals surface area contributed by atoms with Gasteiger partial charge in [-0.25, -0.2) is 13.1 Å². The Hall–Kier alpha value is -2.39. The van der Waals surface area contributed by atoms with Crippen LogP contribution < -0.4 is 4.72 Å². The minimum atomic E-state index is -4.60. The van der Waals surface area contributed by atoms with Crippen molar-refractivity contribution >= 4 is 15.9 Å². The number of amides is 1. The maximum atomic E-state index is 12.8. The second kappa shape index (κ2) is 9.18. The van der Waals surface area contributed by atoms with Gasteiger partial charge in [0, 0.05) is 25.2 Å². The van der Waals surface area contributed by atoms with E-state index < -0.39 is 26.7 Å². The van der Waals surface area contributed by atoms with E-state index in [0.717, 1.165) is 31.0 Å². The lowest BCUT2D eigenvalue weighted by atomic mass is 9.93. The van der Waals surface area contributed by atoms with Gasteiger partial charge in [0.05, 0.1) is 10.5 Å². The van der Waals surface area contributed by atoms with Crippen LogP contribution in [0.25, 0.3) is 0 Å². The monoisotopic (exact) mass is 440 g/mol. The zero-order valence-corrected chi connectivity index (χ0v) is 17.0. The molecule has 2 aromatic rings. The van der Waals surface area contributed by atoms with Crippen molar-refractivity contribution in [3.8, 4) is 0 Å². The molecular weight excluding hydrogens is 417 g/mol. The highest BCUT2D eigenvalue weighted by atomic mass is 32.2. The first kappa shape index (κ1) is 22.3. The quantitative estimate of drug-likeness (QED) is 0.740. The average molecular weight is 440 g/mol. The molecule has 3 rings (SSSR count). The molecule has 162 valence electrons. The number of piperidine rings is 1. The van der Waals surface area contributed by atoms with Crippen LogP contribution in [-0.2, 0) is 16.2 Å². The number of nitrogens with one attached hydrogen (secondary N) is 1. The van der Waals surface area contributed by atoms with E-state index in [1.54, 1.807) is 17.0 Å². The molecule has 0 spiro atoms. The lowest BCUT2D eigenvalue weighted by Crippen LogP contribution is -2.39. The lowest BCUT2D eigenvalue weighted by molar-refractivity contribution is -0.137. The third kappa shape index (κ3) is 5.60. The molecule has 5 nitrogen and oxygen atoms in total. The highest BCUT2D eigenvalue weighted by Crippen LogP contribution is 2.30. The molecule has 1 amide bonds. The van der Waals surface area contributed by atoms with Crippen molar-refractivity contribution in [1.82, 2.24) is 9.62 Å². The summed E-state index contributed by atoms with van der Waals surface area (Å²) in [5.41, 5.74) is -0.356. The molecule has 30 heavy (non-hydrogen) atoms. The third-order valence-electron chi connectivity index (χ3n) is 5.24. The molecular formula is C21H23F3N2O3S. The second-order valence-corrected chi connectivity index (χ2v) is 9.08. The Morgan fingerprint density at radius 1 is 1.03 bits per heavy atom. The zero-order valence-electron chi connectivity index (χ0n) is 16.2. The van der Waals surface area contributed by atoms with Crippen molar-refractivity contribution in [3.63, 3.8) is 0 Å². The summed E-state index contributed by atoms with van der Waals surface area (Å²) < 4.78 is 65.4. The number of likely N-dealkylation sites (tertiary alicyclic amines) is 1. The zero-order chi connectivity index (χ0) is 21.8. The molecule has 1 heterocycles. The Bertz CT molecular complexity index is 970. The smallest absolute Gasteiger partial charge is 0.339 e. The van der Waals surface area contributed by atoms with E-state index in [1.165, 1.54) is 0 Å². The van der Waals surface area contributed by atoms with Crippen molar-refractivity contribution in [2.24, 2.45) is 5.92 Å². The van der Waals surface area contributed by atoms with Crippen molar-refractivity contribution in [2.75, 3.05) is 19.6 Å². The van der Waals surface area contributed by atoms with Crippen LogP contribution in [0.5, 0.6) is 0 Å². The van der Waals surface area contributed by atoms with Crippen LogP contribution in [0.4, 0.5) is 13.2 Å². The van der Waals surface area contributed by atoms with Crippen LogP contribution in [0.3, 0.4) is 0 Å². The van der Waals surface area contributed by atoms with Gasteiger partial charge in [0.1, 0.15) is 0 Å².